The van der Waals surface area contributed by atoms with Gasteiger partial charge in [-0.15, -0.1) is 0 Å². The molecule has 5 nitrogen and oxygen atoms in total. The molecule has 1 N–H and O–H groups in total. The van der Waals surface area contributed by atoms with E-state index in [9.17, 15) is 9.59 Å². The van der Waals surface area contributed by atoms with Crippen LogP contribution < -0.4 is 15.0 Å². The average molecular weight is 402 g/mol. The van der Waals surface area contributed by atoms with E-state index in [-0.39, 0.29) is 17.4 Å². The Morgan fingerprint density at radius 3 is 2.48 bits per heavy atom. The highest BCUT2D eigenvalue weighted by molar-refractivity contribution is 14.1. The number of nitrogens with one attached hydrogen (secondary N) is 1. The molecule has 6 heteroatoms. The summed E-state index contributed by atoms with van der Waals surface area (Å²) in [5.41, 5.74) is 1.72. The molecule has 1 aliphatic heterocycles. The predicted octanol–water partition coefficient (Wildman–Crippen LogP) is 3.04. The molecular formula is C15H19IN2O3. The molecule has 0 atom stereocenters. The molecule has 0 bridgehead atoms. The van der Waals surface area contributed by atoms with Gasteiger partial charge in [-0.3, -0.25) is 15.0 Å². The SMILES string of the molecule is COc1c(I)cc(N2CCC(=O)NC2=O)cc1C(C)(C)C. The van der Waals surface area contributed by atoms with E-state index >= 15 is 0 Å². The van der Waals surface area contributed by atoms with Crippen molar-refractivity contribution in [2.75, 3.05) is 18.6 Å². The van der Waals surface area contributed by atoms with Crippen molar-refractivity contribution in [2.24, 2.45) is 0 Å². The van der Waals surface area contributed by atoms with Crippen LogP contribution in [0.25, 0.3) is 0 Å². The van der Waals surface area contributed by atoms with Crippen LogP contribution in [-0.4, -0.2) is 25.6 Å². The van der Waals surface area contributed by atoms with E-state index in [1.807, 2.05) is 12.1 Å². The van der Waals surface area contributed by atoms with Gasteiger partial charge in [-0.1, -0.05) is 20.8 Å². The van der Waals surface area contributed by atoms with E-state index in [1.54, 1.807) is 12.0 Å². The van der Waals surface area contributed by atoms with Gasteiger partial charge < -0.3 is 4.74 Å². The van der Waals surface area contributed by atoms with Gasteiger partial charge in [0.2, 0.25) is 5.91 Å². The summed E-state index contributed by atoms with van der Waals surface area (Å²) in [6.45, 7) is 6.70. The molecule has 0 aromatic heterocycles. The molecular weight excluding hydrogens is 383 g/mol. The van der Waals surface area contributed by atoms with Crippen LogP contribution in [0.4, 0.5) is 10.5 Å². The summed E-state index contributed by atoms with van der Waals surface area (Å²) in [6, 6.07) is 3.51. The van der Waals surface area contributed by atoms with Crippen molar-refractivity contribution < 1.29 is 14.3 Å². The number of ether oxygens (including phenoxy) is 1. The summed E-state index contributed by atoms with van der Waals surface area (Å²) in [4.78, 5) is 24.9. The maximum Gasteiger partial charge on any atom is 0.328 e. The molecule has 1 aromatic rings. The number of halogens is 1. The number of anilines is 1. The topological polar surface area (TPSA) is 58.6 Å². The van der Waals surface area contributed by atoms with E-state index in [2.05, 4.69) is 48.7 Å². The van der Waals surface area contributed by atoms with E-state index in [4.69, 9.17) is 4.74 Å². The molecule has 1 saturated heterocycles. The Hall–Kier alpha value is -1.31. The zero-order valence-electron chi connectivity index (χ0n) is 12.6. The first kappa shape index (κ1) is 16.1. The van der Waals surface area contributed by atoms with Crippen LogP contribution in [0, 0.1) is 3.57 Å². The van der Waals surface area contributed by atoms with Crippen LogP contribution in [-0.2, 0) is 10.2 Å². The summed E-state index contributed by atoms with van der Waals surface area (Å²) in [6.07, 6.45) is 0.319. The number of imide groups is 1. The Bertz CT molecular complexity index is 593. The fraction of sp³-hybridized carbons (Fsp3) is 0.467. The number of carbonyl (C=O) groups excluding carboxylic acids is 2. The molecule has 0 saturated carbocycles. The first-order valence-electron chi connectivity index (χ1n) is 6.73. The Labute approximate surface area is 138 Å². The van der Waals surface area contributed by atoms with E-state index in [0.29, 0.717) is 13.0 Å². The van der Waals surface area contributed by atoms with Crippen molar-refractivity contribution in [2.45, 2.75) is 32.6 Å². The minimum absolute atomic E-state index is 0.108. The second kappa shape index (κ2) is 5.82. The Morgan fingerprint density at radius 1 is 1.29 bits per heavy atom. The van der Waals surface area contributed by atoms with Crippen LogP contribution in [0.3, 0.4) is 0 Å². The molecule has 0 radical (unpaired) electrons. The molecule has 0 spiro atoms. The minimum atomic E-state index is -0.368. The van der Waals surface area contributed by atoms with Crippen molar-refractivity contribution in [1.29, 1.82) is 0 Å². The highest BCUT2D eigenvalue weighted by Crippen LogP contribution is 2.38. The third-order valence-corrected chi connectivity index (χ3v) is 4.21. The van der Waals surface area contributed by atoms with Crippen molar-refractivity contribution in [3.05, 3.63) is 21.3 Å². The third-order valence-electron chi connectivity index (χ3n) is 3.41. The van der Waals surface area contributed by atoms with Gasteiger partial charge in [-0.05, 0) is 40.1 Å². The molecule has 1 aromatic carbocycles. The summed E-state index contributed by atoms with van der Waals surface area (Å²) < 4.78 is 6.45. The fourth-order valence-corrected chi connectivity index (χ4v) is 3.14. The second-order valence-corrected chi connectivity index (χ2v) is 7.18. The normalized spacial score (nSPS) is 16.0. The summed E-state index contributed by atoms with van der Waals surface area (Å²) in [7, 11) is 1.65. The first-order chi connectivity index (χ1) is 9.74. The van der Waals surface area contributed by atoms with E-state index < -0.39 is 0 Å². The van der Waals surface area contributed by atoms with Gasteiger partial charge >= 0.3 is 6.03 Å². The zero-order chi connectivity index (χ0) is 15.8. The van der Waals surface area contributed by atoms with Crippen LogP contribution >= 0.6 is 22.6 Å². The van der Waals surface area contributed by atoms with Gasteiger partial charge in [0.1, 0.15) is 5.75 Å². The average Bonchev–Trinajstić information content (AvgIpc) is 2.36. The molecule has 1 fully saturated rings. The lowest BCUT2D eigenvalue weighted by molar-refractivity contribution is -0.120. The van der Waals surface area contributed by atoms with Gasteiger partial charge in [0.15, 0.2) is 0 Å². The number of carbonyl (C=O) groups is 2. The van der Waals surface area contributed by atoms with Gasteiger partial charge in [0, 0.05) is 24.2 Å². The molecule has 2 rings (SSSR count). The molecule has 3 amide bonds. The number of urea groups is 1. The van der Waals surface area contributed by atoms with Crippen molar-refractivity contribution >= 4 is 40.2 Å². The van der Waals surface area contributed by atoms with Gasteiger partial charge in [-0.25, -0.2) is 4.79 Å². The van der Waals surface area contributed by atoms with Gasteiger partial charge in [0.05, 0.1) is 10.7 Å². The number of benzene rings is 1. The maximum atomic E-state index is 12.0. The Morgan fingerprint density at radius 2 is 1.95 bits per heavy atom. The highest BCUT2D eigenvalue weighted by Gasteiger charge is 2.28. The minimum Gasteiger partial charge on any atom is -0.495 e. The molecule has 1 aliphatic rings. The Balaban J connectivity index is 2.49. The lowest BCUT2D eigenvalue weighted by atomic mass is 9.86. The van der Waals surface area contributed by atoms with Gasteiger partial charge in [0.25, 0.3) is 0 Å². The van der Waals surface area contributed by atoms with Crippen LogP contribution in [0.15, 0.2) is 12.1 Å². The number of hydrogen-bond acceptors (Lipinski definition) is 3. The maximum absolute atomic E-state index is 12.0. The lowest BCUT2D eigenvalue weighted by Gasteiger charge is -2.30. The fourth-order valence-electron chi connectivity index (χ4n) is 2.31. The van der Waals surface area contributed by atoms with Gasteiger partial charge in [-0.2, -0.15) is 0 Å². The number of amides is 3. The summed E-state index contributed by atoms with van der Waals surface area (Å²) >= 11 is 2.21. The number of hydrogen-bond donors (Lipinski definition) is 1. The molecule has 21 heavy (non-hydrogen) atoms. The van der Waals surface area contributed by atoms with Crippen LogP contribution in [0.1, 0.15) is 32.8 Å². The standard InChI is InChI=1S/C15H19IN2O3/c1-15(2,3)10-7-9(8-11(16)13(10)21-4)18-6-5-12(19)17-14(18)20/h7-8H,5-6H2,1-4H3,(H,17,19,20). The van der Waals surface area contributed by atoms with Crippen molar-refractivity contribution in [3.63, 3.8) is 0 Å². The quantitative estimate of drug-likeness (QED) is 0.774. The van der Waals surface area contributed by atoms with Crippen LogP contribution in [0.5, 0.6) is 5.75 Å². The smallest absolute Gasteiger partial charge is 0.328 e. The first-order valence-corrected chi connectivity index (χ1v) is 7.81. The lowest BCUT2D eigenvalue weighted by Crippen LogP contribution is -2.49. The van der Waals surface area contributed by atoms with Crippen molar-refractivity contribution in [3.8, 4) is 5.75 Å². The zero-order valence-corrected chi connectivity index (χ0v) is 14.8. The summed E-state index contributed by atoms with van der Waals surface area (Å²) in [5, 5.41) is 2.35. The molecule has 114 valence electrons. The number of methoxy groups -OCH3 is 1. The summed E-state index contributed by atoms with van der Waals surface area (Å²) in [5.74, 6) is 0.607. The number of rotatable bonds is 2. The second-order valence-electron chi connectivity index (χ2n) is 6.01. The van der Waals surface area contributed by atoms with E-state index in [0.717, 1.165) is 20.6 Å². The van der Waals surface area contributed by atoms with E-state index in [1.165, 1.54) is 0 Å². The molecule has 0 aliphatic carbocycles. The predicted molar refractivity (Wildman–Crippen MR) is 89.9 cm³/mol. The molecule has 0 unspecified atom stereocenters. The largest absolute Gasteiger partial charge is 0.495 e. The highest BCUT2D eigenvalue weighted by atomic mass is 127. The number of nitrogens with zero attached hydrogens (tertiary/aromatic N) is 1. The molecule has 1 heterocycles. The third kappa shape index (κ3) is 3.30. The monoisotopic (exact) mass is 402 g/mol. The van der Waals surface area contributed by atoms with Crippen molar-refractivity contribution in [1.82, 2.24) is 5.32 Å². The van der Waals surface area contributed by atoms with Crippen LogP contribution in [0.2, 0.25) is 0 Å². The Kier molecular flexibility index (Phi) is 4.46.